The molecular weight excluding hydrogens is 362 g/mol. The minimum atomic E-state index is -0.391. The molecule has 2 aliphatic carbocycles. The van der Waals surface area contributed by atoms with Crippen LogP contribution in [0.2, 0.25) is 0 Å². The number of fused-ring (bicyclic) bond motifs is 3. The summed E-state index contributed by atoms with van der Waals surface area (Å²) in [6.45, 7) is 0.315. The number of amides is 1. The van der Waals surface area contributed by atoms with Crippen LogP contribution < -0.4 is 5.32 Å². The zero-order valence-electron chi connectivity index (χ0n) is 15.0. The third-order valence-electron chi connectivity index (χ3n) is 5.71. The second-order valence-corrected chi connectivity index (χ2v) is 7.70. The Morgan fingerprint density at radius 2 is 1.48 bits per heavy atom. The van der Waals surface area contributed by atoms with E-state index in [2.05, 4.69) is 29.6 Å². The number of hydrogen-bond acceptors (Lipinski definition) is 3. The molecule has 1 saturated carbocycles. The maximum Gasteiger partial charge on any atom is 0.407 e. The van der Waals surface area contributed by atoms with Crippen LogP contribution in [0.4, 0.5) is 4.79 Å². The molecule has 0 saturated heterocycles. The molecule has 2 aromatic rings. The first-order valence-electron chi connectivity index (χ1n) is 9.44. The second-order valence-electron chi connectivity index (χ2n) is 7.32. The van der Waals surface area contributed by atoms with Crippen LogP contribution in [0.3, 0.4) is 0 Å². The van der Waals surface area contributed by atoms with Crippen molar-refractivity contribution in [3.63, 3.8) is 0 Å². The molecule has 27 heavy (non-hydrogen) atoms. The topological polar surface area (TPSA) is 55.4 Å². The third kappa shape index (κ3) is 3.72. The van der Waals surface area contributed by atoms with Crippen molar-refractivity contribution < 1.29 is 14.3 Å². The monoisotopic (exact) mass is 383 g/mol. The zero-order chi connectivity index (χ0) is 18.8. The third-order valence-corrected chi connectivity index (χ3v) is 6.02. The summed E-state index contributed by atoms with van der Waals surface area (Å²) in [5.41, 5.74) is 4.83. The number of rotatable bonds is 4. The van der Waals surface area contributed by atoms with Crippen LogP contribution in [0.5, 0.6) is 0 Å². The molecule has 1 amide bonds. The predicted octanol–water partition coefficient (Wildman–Crippen LogP) is 4.85. The summed E-state index contributed by atoms with van der Waals surface area (Å²) in [7, 11) is 0. The molecule has 0 radical (unpaired) electrons. The molecule has 5 heteroatoms. The van der Waals surface area contributed by atoms with E-state index < -0.39 is 6.09 Å². The van der Waals surface area contributed by atoms with E-state index in [4.69, 9.17) is 16.3 Å². The highest BCUT2D eigenvalue weighted by molar-refractivity contribution is 6.63. The highest BCUT2D eigenvalue weighted by Crippen LogP contribution is 2.44. The molecule has 0 bridgehead atoms. The van der Waals surface area contributed by atoms with Crippen LogP contribution in [0.1, 0.15) is 42.7 Å². The van der Waals surface area contributed by atoms with Crippen molar-refractivity contribution in [2.75, 3.05) is 6.61 Å². The number of ether oxygens (including phenoxy) is 1. The molecule has 0 spiro atoms. The van der Waals surface area contributed by atoms with Gasteiger partial charge in [-0.15, -0.1) is 0 Å². The van der Waals surface area contributed by atoms with Gasteiger partial charge in [0.05, 0.1) is 0 Å². The van der Waals surface area contributed by atoms with Gasteiger partial charge in [-0.2, -0.15) is 0 Å². The van der Waals surface area contributed by atoms with Gasteiger partial charge in [-0.25, -0.2) is 4.79 Å². The van der Waals surface area contributed by atoms with Gasteiger partial charge in [-0.3, -0.25) is 4.79 Å². The second kappa shape index (κ2) is 7.73. The quantitative estimate of drug-likeness (QED) is 0.768. The Hall–Kier alpha value is -2.33. The summed E-state index contributed by atoms with van der Waals surface area (Å²) in [6.07, 6.45) is 2.56. The Morgan fingerprint density at radius 3 is 2.04 bits per heavy atom. The minimum Gasteiger partial charge on any atom is -0.449 e. The number of benzene rings is 2. The molecule has 2 aromatic carbocycles. The smallest absolute Gasteiger partial charge is 0.407 e. The molecule has 140 valence electrons. The van der Waals surface area contributed by atoms with Crippen LogP contribution in [0.25, 0.3) is 11.1 Å². The number of nitrogens with one attached hydrogen (secondary N) is 1. The molecule has 0 heterocycles. The summed E-state index contributed by atoms with van der Waals surface area (Å²) in [6, 6.07) is 16.6. The van der Waals surface area contributed by atoms with E-state index in [0.29, 0.717) is 6.61 Å². The van der Waals surface area contributed by atoms with Crippen molar-refractivity contribution in [1.29, 1.82) is 0 Å². The largest absolute Gasteiger partial charge is 0.449 e. The lowest BCUT2D eigenvalue weighted by molar-refractivity contribution is -0.116. The van der Waals surface area contributed by atoms with Gasteiger partial charge >= 0.3 is 6.09 Å². The lowest BCUT2D eigenvalue weighted by Gasteiger charge is -2.27. The van der Waals surface area contributed by atoms with Gasteiger partial charge in [0.25, 0.3) is 0 Å². The first-order chi connectivity index (χ1) is 13.1. The Labute approximate surface area is 163 Å². The molecular formula is C22H22ClNO3. The molecule has 4 rings (SSSR count). The van der Waals surface area contributed by atoms with Gasteiger partial charge in [-0.1, -0.05) is 48.5 Å². The maximum absolute atomic E-state index is 12.3. The molecule has 2 aliphatic rings. The number of carbonyl (C=O) groups excluding carboxylic acids is 2. The fourth-order valence-electron chi connectivity index (χ4n) is 4.27. The molecule has 1 fully saturated rings. The van der Waals surface area contributed by atoms with Gasteiger partial charge in [0.2, 0.25) is 5.24 Å². The van der Waals surface area contributed by atoms with Crippen LogP contribution >= 0.6 is 11.6 Å². The van der Waals surface area contributed by atoms with E-state index >= 15 is 0 Å². The van der Waals surface area contributed by atoms with E-state index in [9.17, 15) is 9.59 Å². The maximum atomic E-state index is 12.3. The molecule has 0 aromatic heterocycles. The van der Waals surface area contributed by atoms with E-state index in [1.807, 2.05) is 24.3 Å². The fraction of sp³-hybridized carbons (Fsp3) is 0.364. The molecule has 0 unspecified atom stereocenters. The number of halogens is 1. The van der Waals surface area contributed by atoms with E-state index in [0.717, 1.165) is 25.7 Å². The van der Waals surface area contributed by atoms with Gasteiger partial charge in [0.15, 0.2) is 0 Å². The number of alkyl carbamates (subject to hydrolysis) is 1. The summed E-state index contributed by atoms with van der Waals surface area (Å²) >= 11 is 5.56. The van der Waals surface area contributed by atoms with Crippen molar-refractivity contribution in [2.45, 2.75) is 37.6 Å². The van der Waals surface area contributed by atoms with Crippen molar-refractivity contribution in [2.24, 2.45) is 5.92 Å². The first kappa shape index (κ1) is 18.1. The Kier molecular flexibility index (Phi) is 5.17. The summed E-state index contributed by atoms with van der Waals surface area (Å²) in [4.78, 5) is 23.5. The fourth-order valence-corrected chi connectivity index (χ4v) is 4.49. The van der Waals surface area contributed by atoms with Crippen molar-refractivity contribution in [3.8, 4) is 11.1 Å². The Balaban J connectivity index is 1.37. The van der Waals surface area contributed by atoms with Gasteiger partial charge in [-0.05, 0) is 59.5 Å². The average molecular weight is 384 g/mol. The van der Waals surface area contributed by atoms with E-state index in [-0.39, 0.29) is 23.1 Å². The lowest BCUT2D eigenvalue weighted by Crippen LogP contribution is -2.39. The SMILES string of the molecule is O=C(NC1CCC(C(=O)Cl)CC1)OCC1c2ccccc2-c2ccccc21. The lowest BCUT2D eigenvalue weighted by atomic mass is 9.87. The summed E-state index contributed by atoms with van der Waals surface area (Å²) in [5.74, 6) is -0.0139. The molecule has 4 nitrogen and oxygen atoms in total. The van der Waals surface area contributed by atoms with Gasteiger partial charge in [0, 0.05) is 17.9 Å². The van der Waals surface area contributed by atoms with Gasteiger partial charge in [0.1, 0.15) is 6.61 Å². The Bertz CT molecular complexity index is 813. The van der Waals surface area contributed by atoms with Gasteiger partial charge < -0.3 is 10.1 Å². The standard InChI is InChI=1S/C22H22ClNO3/c23-21(25)14-9-11-15(12-10-14)24-22(26)27-13-20-18-7-3-1-5-16(18)17-6-2-4-8-19(17)20/h1-8,14-15,20H,9-13H2,(H,24,26). The van der Waals surface area contributed by atoms with Crippen LogP contribution in [-0.2, 0) is 9.53 Å². The van der Waals surface area contributed by atoms with Crippen molar-refractivity contribution >= 4 is 22.9 Å². The van der Waals surface area contributed by atoms with Crippen LogP contribution in [-0.4, -0.2) is 24.0 Å². The average Bonchev–Trinajstić information content (AvgIpc) is 3.01. The first-order valence-corrected chi connectivity index (χ1v) is 9.82. The highest BCUT2D eigenvalue weighted by atomic mass is 35.5. The number of carbonyl (C=O) groups is 2. The van der Waals surface area contributed by atoms with Crippen molar-refractivity contribution in [3.05, 3.63) is 59.7 Å². The van der Waals surface area contributed by atoms with E-state index in [1.54, 1.807) is 0 Å². The molecule has 0 aliphatic heterocycles. The molecule has 1 N–H and O–H groups in total. The normalized spacial score (nSPS) is 21.2. The highest BCUT2D eigenvalue weighted by Gasteiger charge is 2.30. The van der Waals surface area contributed by atoms with Crippen molar-refractivity contribution in [1.82, 2.24) is 5.32 Å². The summed E-state index contributed by atoms with van der Waals surface area (Å²) in [5, 5.41) is 2.67. The predicted molar refractivity (Wildman–Crippen MR) is 105 cm³/mol. The van der Waals surface area contributed by atoms with Crippen LogP contribution in [0, 0.1) is 5.92 Å². The zero-order valence-corrected chi connectivity index (χ0v) is 15.7. The van der Waals surface area contributed by atoms with Crippen LogP contribution in [0.15, 0.2) is 48.5 Å². The minimum absolute atomic E-state index is 0.0490. The van der Waals surface area contributed by atoms with E-state index in [1.165, 1.54) is 22.3 Å². The Morgan fingerprint density at radius 1 is 0.926 bits per heavy atom. The molecule has 0 atom stereocenters. The number of hydrogen-bond donors (Lipinski definition) is 1. The summed E-state index contributed by atoms with van der Waals surface area (Å²) < 4.78 is 5.57.